The van der Waals surface area contributed by atoms with Crippen molar-refractivity contribution in [3.05, 3.63) is 115 Å². The summed E-state index contributed by atoms with van der Waals surface area (Å²) in [5.74, 6) is -6.19. The number of amides is 4. The van der Waals surface area contributed by atoms with Crippen LogP contribution in [-0.2, 0) is 87.7 Å². The zero-order valence-electron chi connectivity index (χ0n) is 56.3. The van der Waals surface area contributed by atoms with Crippen LogP contribution in [-0.4, -0.2) is 199 Å². The van der Waals surface area contributed by atoms with E-state index in [1.54, 1.807) is 84.4 Å². The number of hydrogen-bond acceptors (Lipinski definition) is 23. The number of aromatic nitrogens is 6. The summed E-state index contributed by atoms with van der Waals surface area (Å²) in [7, 11) is 0. The lowest BCUT2D eigenvalue weighted by Crippen LogP contribution is -2.42. The van der Waals surface area contributed by atoms with Gasteiger partial charge < -0.3 is 76.6 Å². The van der Waals surface area contributed by atoms with E-state index in [9.17, 15) is 67.7 Å². The molecule has 4 unspecified atom stereocenters. The molecular weight excluding hydrogens is 1350 g/mol. The average molecular weight is 1440 g/mol. The number of nitrogens with two attached hydrogens (primary N) is 2. The molecule has 6 atom stereocenters. The molecule has 7 rings (SSSR count). The number of carbonyl (C=O) groups excluding carboxylic acids is 8. The summed E-state index contributed by atoms with van der Waals surface area (Å²) in [6.07, 6.45) is 6.68. The molecule has 2 aromatic carbocycles. The third-order valence-corrected chi connectivity index (χ3v) is 19.9. The Morgan fingerprint density at radius 1 is 0.564 bits per heavy atom. The summed E-state index contributed by atoms with van der Waals surface area (Å²) in [5, 5.41) is 30.7. The number of aromatic amines is 4. The van der Waals surface area contributed by atoms with Crippen molar-refractivity contribution in [2.75, 3.05) is 88.9 Å². The molecular formula is C68H88N12O19S2. The maximum absolute atomic E-state index is 13.7. The molecule has 4 aromatic heterocycles. The molecule has 101 heavy (non-hydrogen) atoms. The fourth-order valence-corrected chi connectivity index (χ4v) is 14.1. The molecule has 33 heteroatoms. The smallest absolute Gasteiger partial charge is 0.328 e. The second kappa shape index (κ2) is 40.7. The molecule has 0 spiro atoms. The van der Waals surface area contributed by atoms with Crippen LogP contribution in [0.15, 0.2) is 70.5 Å². The van der Waals surface area contributed by atoms with Crippen LogP contribution < -0.4 is 43.9 Å². The standard InChI is InChI=1S/C68H88N12O19S2/c1-3-42(59(87)71-24-28-96-30-32-98-65(93)49(16-20-53(83)84)75-61(89)43-10-4-40(5-11-43)8-14-45-35-73-57-55(45)63(91)79-67(69)77-57)37-100-51-18-19-52(51)101-38-47(34-48(82)23-27-95-26-22-39(2)81)60(88)72-25-29-97-31-33-99-66(94)50(17-21-54(85)86)76-62(90)44-12-6-41(7-13-44)9-15-46-36-74-58-56(46)64(92)80-68(70)78-58/h4-7,10-13,35-36,42,47,49-52H,3,8-9,14-34,37-38H2,1-2H3,(H,71,87)(H,72,88)(H,75,89)(H,76,90)(H,83,84)(H,85,86)(H4,69,73,77,79,91)(H4,70,74,78,80,92)/t42?,47?,49-,50-,51?,52?/m1/s1. The van der Waals surface area contributed by atoms with E-state index in [1.807, 2.05) is 6.92 Å². The summed E-state index contributed by atoms with van der Waals surface area (Å²) in [6, 6.07) is 10.7. The Bertz CT molecular complexity index is 3930. The highest BCUT2D eigenvalue weighted by Gasteiger charge is 2.35. The lowest BCUT2D eigenvalue weighted by molar-refractivity contribution is -0.149. The first kappa shape index (κ1) is 78.9. The van der Waals surface area contributed by atoms with Gasteiger partial charge in [-0.05, 0) is 111 Å². The largest absolute Gasteiger partial charge is 0.481 e. The topological polar surface area (TPSA) is 481 Å². The number of carboxylic acid groups (broad SMARTS) is 2. The number of carboxylic acids is 2. The van der Waals surface area contributed by atoms with Crippen molar-refractivity contribution in [3.63, 3.8) is 0 Å². The molecule has 1 saturated carbocycles. The first-order chi connectivity index (χ1) is 48.5. The maximum Gasteiger partial charge on any atom is 0.328 e. The van der Waals surface area contributed by atoms with Gasteiger partial charge in [0.25, 0.3) is 22.9 Å². The highest BCUT2D eigenvalue weighted by atomic mass is 32.2. The number of hydrogen-bond donors (Lipinski definition) is 12. The van der Waals surface area contributed by atoms with Gasteiger partial charge >= 0.3 is 23.9 Å². The number of nitrogen functional groups attached to an aromatic ring is 2. The molecule has 31 nitrogen and oxygen atoms in total. The van der Waals surface area contributed by atoms with Crippen molar-refractivity contribution in [3.8, 4) is 0 Å². The molecule has 4 heterocycles. The second-order valence-electron chi connectivity index (χ2n) is 24.1. The number of Topliss-reactive ketones (excluding diaryl/α,β-unsaturated/α-hetero) is 2. The molecule has 0 aliphatic heterocycles. The average Bonchev–Trinajstić information content (AvgIpc) is 1.68. The number of thioether (sulfide) groups is 2. The van der Waals surface area contributed by atoms with Crippen molar-refractivity contribution in [2.45, 2.75) is 126 Å². The number of nitrogens with one attached hydrogen (secondary N) is 8. The van der Waals surface area contributed by atoms with Gasteiger partial charge in [-0.25, -0.2) is 9.59 Å². The molecule has 1 fully saturated rings. The van der Waals surface area contributed by atoms with E-state index in [-0.39, 0.29) is 172 Å². The highest BCUT2D eigenvalue weighted by molar-refractivity contribution is 8.04. The molecule has 14 N–H and O–H groups in total. The molecule has 1 aliphatic carbocycles. The SMILES string of the molecule is CCC(CSC1CCC1SCC(CC(=O)CCOCCC(C)=O)C(=O)NCCOCCOC(=O)[C@@H](CCC(=O)O)NC(=O)c1ccc(CCc2c[nH]c3nc(N)[nH]c(=O)c23)cc1)C(=O)NCCOCCOC(=O)[C@@H](CCC(=O)O)NC(=O)c1ccc(CCc2c[nH]c3nc(N)[nH]c(=O)c23)cc1. The van der Waals surface area contributed by atoms with E-state index < -0.39 is 66.5 Å². The molecule has 546 valence electrons. The molecule has 0 bridgehead atoms. The number of esters is 2. The first-order valence-corrected chi connectivity index (χ1v) is 35.5. The summed E-state index contributed by atoms with van der Waals surface area (Å²) >= 11 is 3.27. The Morgan fingerprint density at radius 3 is 1.42 bits per heavy atom. The van der Waals surface area contributed by atoms with Crippen molar-refractivity contribution in [2.24, 2.45) is 11.8 Å². The van der Waals surface area contributed by atoms with Gasteiger partial charge in [0.1, 0.15) is 48.2 Å². The van der Waals surface area contributed by atoms with Gasteiger partial charge in [0.15, 0.2) is 0 Å². The molecule has 1 aliphatic rings. The lowest BCUT2D eigenvalue weighted by atomic mass is 9.99. The van der Waals surface area contributed by atoms with Crippen molar-refractivity contribution >= 4 is 117 Å². The minimum Gasteiger partial charge on any atom is -0.481 e. The summed E-state index contributed by atoms with van der Waals surface area (Å²) in [5.41, 5.74) is 15.0. The lowest BCUT2D eigenvalue weighted by Gasteiger charge is -2.37. The quantitative estimate of drug-likeness (QED) is 0.0192. The third kappa shape index (κ3) is 25.9. The van der Waals surface area contributed by atoms with Crippen LogP contribution in [0.2, 0.25) is 0 Å². The Kier molecular flexibility index (Phi) is 31.8. The van der Waals surface area contributed by atoms with E-state index in [0.29, 0.717) is 65.7 Å². The summed E-state index contributed by atoms with van der Waals surface area (Å²) in [4.78, 5) is 171. The van der Waals surface area contributed by atoms with Crippen molar-refractivity contribution in [1.29, 1.82) is 0 Å². The fourth-order valence-electron chi connectivity index (χ4n) is 10.7. The number of aryl methyl sites for hydroxylation is 4. The number of ether oxygens (including phenoxy) is 5. The van der Waals surface area contributed by atoms with Crippen LogP contribution in [0.1, 0.15) is 121 Å². The van der Waals surface area contributed by atoms with Gasteiger partial charge in [0, 0.05) is 96.6 Å². The van der Waals surface area contributed by atoms with E-state index in [2.05, 4.69) is 51.2 Å². The van der Waals surface area contributed by atoms with Crippen molar-refractivity contribution < 1.29 is 81.8 Å². The Balaban J connectivity index is 0.778. The predicted molar refractivity (Wildman–Crippen MR) is 375 cm³/mol. The fraction of sp³-hybridized carbons (Fsp3) is 0.500. The predicted octanol–water partition coefficient (Wildman–Crippen LogP) is 3.51. The minimum atomic E-state index is -1.29. The number of aliphatic carboxylic acids is 2. The zero-order valence-corrected chi connectivity index (χ0v) is 58.0. The van der Waals surface area contributed by atoms with Crippen LogP contribution >= 0.6 is 23.5 Å². The van der Waals surface area contributed by atoms with Crippen LogP contribution in [0, 0.1) is 11.8 Å². The number of anilines is 2. The highest BCUT2D eigenvalue weighted by Crippen LogP contribution is 2.42. The van der Waals surface area contributed by atoms with Crippen molar-refractivity contribution in [1.82, 2.24) is 51.2 Å². The van der Waals surface area contributed by atoms with Gasteiger partial charge in [0.05, 0.1) is 56.3 Å². The van der Waals surface area contributed by atoms with E-state index >= 15 is 0 Å². The van der Waals surface area contributed by atoms with Crippen LogP contribution in [0.25, 0.3) is 22.1 Å². The monoisotopic (exact) mass is 1440 g/mol. The summed E-state index contributed by atoms with van der Waals surface area (Å²) < 4.78 is 27.4. The van der Waals surface area contributed by atoms with Crippen LogP contribution in [0.4, 0.5) is 11.9 Å². The zero-order chi connectivity index (χ0) is 72.8. The maximum atomic E-state index is 13.7. The van der Waals surface area contributed by atoms with Gasteiger partial charge in [-0.15, -0.1) is 0 Å². The molecule has 0 radical (unpaired) electrons. The number of nitrogens with zero attached hydrogens (tertiary/aromatic N) is 2. The molecule has 6 aromatic rings. The van der Waals surface area contributed by atoms with E-state index in [0.717, 1.165) is 35.1 Å². The minimum absolute atomic E-state index is 0.000823. The Morgan fingerprint density at radius 2 is 0.990 bits per heavy atom. The van der Waals surface area contributed by atoms with E-state index in [1.165, 1.54) is 6.92 Å². The number of rotatable bonds is 47. The summed E-state index contributed by atoms with van der Waals surface area (Å²) in [6.45, 7) is 3.42. The van der Waals surface area contributed by atoms with Gasteiger partial charge in [-0.2, -0.15) is 33.5 Å². The van der Waals surface area contributed by atoms with E-state index in [4.69, 9.17) is 35.2 Å². The molecule has 0 saturated heterocycles. The van der Waals surface area contributed by atoms with Gasteiger partial charge in [0.2, 0.25) is 23.7 Å². The number of fused-ring (bicyclic) bond motifs is 2. The number of ketones is 2. The van der Waals surface area contributed by atoms with Crippen LogP contribution in [0.5, 0.6) is 0 Å². The van der Waals surface area contributed by atoms with Gasteiger partial charge in [-0.3, -0.25) is 57.9 Å². The third-order valence-electron chi connectivity index (χ3n) is 16.6. The first-order valence-electron chi connectivity index (χ1n) is 33.4. The Labute approximate surface area is 589 Å². The Hall–Kier alpha value is -9.44. The second-order valence-corrected chi connectivity index (χ2v) is 26.7. The van der Waals surface area contributed by atoms with Gasteiger partial charge in [-0.1, -0.05) is 31.2 Å². The number of benzene rings is 2. The normalized spacial score (nSPS) is 14.6. The molecule has 4 amide bonds. The number of H-pyrrole nitrogens is 4. The number of carbonyl (C=O) groups is 10. The van der Waals surface area contributed by atoms with Crippen LogP contribution in [0.3, 0.4) is 0 Å².